The minimum absolute atomic E-state index is 0.304. The summed E-state index contributed by atoms with van der Waals surface area (Å²) in [6.07, 6.45) is 0. The molecule has 6 heteroatoms. The summed E-state index contributed by atoms with van der Waals surface area (Å²) in [5.41, 5.74) is 2.19. The smallest absolute Gasteiger partial charge is 0.158 e. The van der Waals surface area contributed by atoms with Gasteiger partial charge in [-0.25, -0.2) is 14.4 Å². The Balaban J connectivity index is 2.19. The van der Waals surface area contributed by atoms with Gasteiger partial charge in [0.2, 0.25) is 0 Å². The van der Waals surface area contributed by atoms with Crippen molar-refractivity contribution in [3.63, 3.8) is 0 Å². The summed E-state index contributed by atoms with van der Waals surface area (Å²) < 4.78 is 13.8. The van der Waals surface area contributed by atoms with E-state index in [-0.39, 0.29) is 5.82 Å². The lowest BCUT2D eigenvalue weighted by Crippen LogP contribution is -1.79. The highest BCUT2D eigenvalue weighted by molar-refractivity contribution is 9.10. The molecule has 3 rings (SSSR count). The third-order valence-corrected chi connectivity index (χ3v) is 3.77. The highest BCUT2D eigenvalue weighted by atomic mass is 79.9. The molecule has 0 saturated heterocycles. The maximum absolute atomic E-state index is 13.4. The minimum atomic E-state index is -0.304. The van der Waals surface area contributed by atoms with E-state index in [4.69, 9.17) is 0 Å². The van der Waals surface area contributed by atoms with E-state index in [1.807, 2.05) is 12.3 Å². The molecule has 1 N–H and O–H groups in total. The molecule has 0 aliphatic rings. The van der Waals surface area contributed by atoms with Gasteiger partial charge in [0, 0.05) is 11.4 Å². The Morgan fingerprint density at radius 2 is 2.18 bits per heavy atom. The van der Waals surface area contributed by atoms with Gasteiger partial charge in [-0.05, 0) is 28.9 Å². The molecule has 0 fully saturated rings. The molecule has 0 unspecified atom stereocenters. The predicted octanol–water partition coefficient (Wildman–Crippen LogP) is 3.90. The van der Waals surface area contributed by atoms with Gasteiger partial charge in [-0.1, -0.05) is 0 Å². The van der Waals surface area contributed by atoms with Gasteiger partial charge in [0.05, 0.1) is 20.5 Å². The van der Waals surface area contributed by atoms with E-state index in [0.717, 1.165) is 16.2 Å². The number of fused-ring (bicyclic) bond motifs is 1. The van der Waals surface area contributed by atoms with Gasteiger partial charge in [-0.3, -0.25) is 0 Å². The first-order chi connectivity index (χ1) is 8.13. The number of aromatic amines is 1. The van der Waals surface area contributed by atoms with Gasteiger partial charge in [0.25, 0.3) is 0 Å². The Labute approximate surface area is 109 Å². The maximum atomic E-state index is 13.4. The third kappa shape index (κ3) is 1.87. The summed E-state index contributed by atoms with van der Waals surface area (Å²) in [7, 11) is 0. The molecule has 0 aliphatic carbocycles. The summed E-state index contributed by atoms with van der Waals surface area (Å²) >= 11 is 4.70. The predicted molar refractivity (Wildman–Crippen MR) is 69.6 cm³/mol. The van der Waals surface area contributed by atoms with Crippen LogP contribution in [0.3, 0.4) is 0 Å². The zero-order valence-corrected chi connectivity index (χ0v) is 11.2. The van der Waals surface area contributed by atoms with Crippen LogP contribution < -0.4 is 0 Å². The summed E-state index contributed by atoms with van der Waals surface area (Å²) in [6, 6.07) is 3.08. The van der Waals surface area contributed by atoms with E-state index in [0.29, 0.717) is 15.8 Å². The monoisotopic (exact) mass is 311 g/mol. The molecule has 0 spiro atoms. The van der Waals surface area contributed by atoms with Crippen LogP contribution >= 0.6 is 27.3 Å². The Kier molecular flexibility index (Phi) is 2.48. The van der Waals surface area contributed by atoms with Crippen LogP contribution in [0, 0.1) is 12.7 Å². The van der Waals surface area contributed by atoms with Crippen molar-refractivity contribution in [1.29, 1.82) is 0 Å². The number of H-pyrrole nitrogens is 1. The van der Waals surface area contributed by atoms with Crippen LogP contribution in [0.1, 0.15) is 5.01 Å². The van der Waals surface area contributed by atoms with E-state index in [1.54, 1.807) is 17.4 Å². The number of benzene rings is 1. The molecule has 0 aliphatic heterocycles. The van der Waals surface area contributed by atoms with Crippen LogP contribution in [0.2, 0.25) is 0 Å². The zero-order chi connectivity index (χ0) is 12.0. The number of halogens is 2. The van der Waals surface area contributed by atoms with Crippen molar-refractivity contribution in [1.82, 2.24) is 15.0 Å². The number of imidazole rings is 1. The Bertz CT molecular complexity index is 665. The first-order valence-corrected chi connectivity index (χ1v) is 6.58. The van der Waals surface area contributed by atoms with Crippen LogP contribution in [-0.4, -0.2) is 15.0 Å². The lowest BCUT2D eigenvalue weighted by Gasteiger charge is -1.92. The molecular weight excluding hydrogens is 305 g/mol. The second kappa shape index (κ2) is 3.89. The van der Waals surface area contributed by atoms with Gasteiger partial charge in [-0.2, -0.15) is 0 Å². The SMILES string of the molecule is Cc1nc(-c2nc3cc(Br)c(F)cc3[nH]2)cs1. The van der Waals surface area contributed by atoms with Crippen molar-refractivity contribution in [2.24, 2.45) is 0 Å². The second-order valence-electron chi connectivity index (χ2n) is 3.62. The number of hydrogen-bond acceptors (Lipinski definition) is 3. The van der Waals surface area contributed by atoms with Crippen LogP contribution in [0.4, 0.5) is 4.39 Å². The number of rotatable bonds is 1. The minimum Gasteiger partial charge on any atom is -0.337 e. The van der Waals surface area contributed by atoms with Crippen molar-refractivity contribution in [3.8, 4) is 11.5 Å². The molecule has 3 nitrogen and oxygen atoms in total. The van der Waals surface area contributed by atoms with Crippen LogP contribution in [0.5, 0.6) is 0 Å². The summed E-state index contributed by atoms with van der Waals surface area (Å²) in [4.78, 5) is 11.8. The highest BCUT2D eigenvalue weighted by Gasteiger charge is 2.10. The average molecular weight is 312 g/mol. The second-order valence-corrected chi connectivity index (χ2v) is 5.54. The molecule has 2 aromatic heterocycles. The number of nitrogens with one attached hydrogen (secondary N) is 1. The van der Waals surface area contributed by atoms with Crippen LogP contribution in [-0.2, 0) is 0 Å². The number of aryl methyl sites for hydroxylation is 1. The first kappa shape index (κ1) is 10.9. The summed E-state index contributed by atoms with van der Waals surface area (Å²) in [5.74, 6) is 0.365. The summed E-state index contributed by atoms with van der Waals surface area (Å²) in [6.45, 7) is 1.94. The Hall–Kier alpha value is -1.27. The van der Waals surface area contributed by atoms with Crippen LogP contribution in [0.15, 0.2) is 22.0 Å². The molecule has 1 aromatic carbocycles. The quantitative estimate of drug-likeness (QED) is 0.740. The fourth-order valence-electron chi connectivity index (χ4n) is 1.60. The molecule has 0 atom stereocenters. The van der Waals surface area contributed by atoms with Gasteiger partial charge >= 0.3 is 0 Å². The molecule has 0 radical (unpaired) electrons. The number of thiazole rings is 1. The van der Waals surface area contributed by atoms with E-state index in [1.165, 1.54) is 6.07 Å². The zero-order valence-electron chi connectivity index (χ0n) is 8.79. The van der Waals surface area contributed by atoms with Gasteiger partial charge in [-0.15, -0.1) is 11.3 Å². The first-order valence-electron chi connectivity index (χ1n) is 4.91. The average Bonchev–Trinajstić information content (AvgIpc) is 2.85. The Morgan fingerprint density at radius 3 is 2.88 bits per heavy atom. The molecule has 3 aromatic rings. The van der Waals surface area contributed by atoms with E-state index >= 15 is 0 Å². The normalized spacial score (nSPS) is 11.2. The fraction of sp³-hybridized carbons (Fsp3) is 0.0909. The fourth-order valence-corrected chi connectivity index (χ4v) is 2.53. The molecular formula is C11H7BrFN3S. The van der Waals surface area contributed by atoms with Crippen molar-refractivity contribution < 1.29 is 4.39 Å². The largest absolute Gasteiger partial charge is 0.337 e. The molecule has 0 amide bonds. The third-order valence-electron chi connectivity index (χ3n) is 2.39. The van der Waals surface area contributed by atoms with Gasteiger partial charge in [0.1, 0.15) is 11.5 Å². The lowest BCUT2D eigenvalue weighted by atomic mass is 10.3. The molecule has 86 valence electrons. The van der Waals surface area contributed by atoms with Crippen molar-refractivity contribution in [2.75, 3.05) is 0 Å². The van der Waals surface area contributed by atoms with Crippen LogP contribution in [0.25, 0.3) is 22.6 Å². The number of nitrogens with zero attached hydrogens (tertiary/aromatic N) is 2. The van der Waals surface area contributed by atoms with E-state index < -0.39 is 0 Å². The molecule has 0 bridgehead atoms. The molecule has 17 heavy (non-hydrogen) atoms. The number of aromatic nitrogens is 3. The number of hydrogen-bond donors (Lipinski definition) is 1. The van der Waals surface area contributed by atoms with Crippen molar-refractivity contribution in [2.45, 2.75) is 6.92 Å². The standard InChI is InChI=1S/C11H7BrFN3S/c1-5-14-10(4-17-5)11-15-8-2-6(12)7(13)3-9(8)16-11/h2-4H,1H3,(H,15,16). The van der Waals surface area contributed by atoms with Crippen molar-refractivity contribution >= 4 is 38.3 Å². The highest BCUT2D eigenvalue weighted by Crippen LogP contribution is 2.25. The van der Waals surface area contributed by atoms with E-state index in [9.17, 15) is 4.39 Å². The van der Waals surface area contributed by atoms with Crippen molar-refractivity contribution in [3.05, 3.63) is 32.8 Å². The van der Waals surface area contributed by atoms with Gasteiger partial charge in [0.15, 0.2) is 5.82 Å². The lowest BCUT2D eigenvalue weighted by molar-refractivity contribution is 0.623. The molecule has 2 heterocycles. The summed E-state index contributed by atoms with van der Waals surface area (Å²) in [5, 5.41) is 2.91. The maximum Gasteiger partial charge on any atom is 0.158 e. The topological polar surface area (TPSA) is 41.6 Å². The van der Waals surface area contributed by atoms with E-state index in [2.05, 4.69) is 30.9 Å². The Morgan fingerprint density at radius 1 is 1.35 bits per heavy atom. The van der Waals surface area contributed by atoms with Gasteiger partial charge < -0.3 is 4.98 Å². The molecule has 0 saturated carbocycles.